The summed E-state index contributed by atoms with van der Waals surface area (Å²) in [6, 6.07) is 16.2. The molecule has 1 amide bonds. The highest BCUT2D eigenvalue weighted by Crippen LogP contribution is 2.20. The zero-order chi connectivity index (χ0) is 15.9. The average molecular weight is 299 g/mol. The van der Waals surface area contributed by atoms with Gasteiger partial charge >= 0.3 is 0 Å². The third kappa shape index (κ3) is 4.09. The number of carbonyl (C=O) groups is 1. The van der Waals surface area contributed by atoms with Crippen molar-refractivity contribution >= 4 is 5.91 Å². The number of aliphatic hydroxyl groups excluding tert-OH is 1. The predicted octanol–water partition coefficient (Wildman–Crippen LogP) is 3.00. The van der Waals surface area contributed by atoms with Gasteiger partial charge in [-0.15, -0.1) is 0 Å². The second-order valence-corrected chi connectivity index (χ2v) is 5.05. The SMILES string of the molecule is CCOc1cccc(C(C)NC(=O)C(O)c2ccccc2)c1. The van der Waals surface area contributed by atoms with Gasteiger partial charge in [0.15, 0.2) is 6.10 Å². The van der Waals surface area contributed by atoms with Crippen LogP contribution < -0.4 is 10.1 Å². The molecule has 0 bridgehead atoms. The summed E-state index contributed by atoms with van der Waals surface area (Å²) in [6.07, 6.45) is -1.17. The first-order chi connectivity index (χ1) is 10.6. The molecule has 2 aromatic rings. The molecular formula is C18H21NO3. The van der Waals surface area contributed by atoms with Crippen LogP contribution in [0.2, 0.25) is 0 Å². The Balaban J connectivity index is 2.03. The fourth-order valence-electron chi connectivity index (χ4n) is 2.20. The van der Waals surface area contributed by atoms with Crippen LogP contribution in [0.25, 0.3) is 0 Å². The molecule has 116 valence electrons. The quantitative estimate of drug-likeness (QED) is 0.862. The summed E-state index contributed by atoms with van der Waals surface area (Å²) in [5.41, 5.74) is 1.51. The topological polar surface area (TPSA) is 58.6 Å². The molecule has 0 aliphatic rings. The fraction of sp³-hybridized carbons (Fsp3) is 0.278. The number of ether oxygens (including phenoxy) is 1. The van der Waals surface area contributed by atoms with Crippen LogP contribution in [0, 0.1) is 0 Å². The largest absolute Gasteiger partial charge is 0.494 e. The fourth-order valence-corrected chi connectivity index (χ4v) is 2.20. The van der Waals surface area contributed by atoms with Gasteiger partial charge < -0.3 is 15.2 Å². The third-order valence-electron chi connectivity index (χ3n) is 3.39. The highest BCUT2D eigenvalue weighted by atomic mass is 16.5. The van der Waals surface area contributed by atoms with E-state index in [9.17, 15) is 9.90 Å². The van der Waals surface area contributed by atoms with Crippen LogP contribution in [0.3, 0.4) is 0 Å². The minimum atomic E-state index is -1.17. The predicted molar refractivity (Wildman–Crippen MR) is 85.6 cm³/mol. The van der Waals surface area contributed by atoms with Crippen LogP contribution in [0.15, 0.2) is 54.6 Å². The molecule has 0 heterocycles. The maximum Gasteiger partial charge on any atom is 0.253 e. The van der Waals surface area contributed by atoms with Crippen molar-refractivity contribution in [2.24, 2.45) is 0 Å². The van der Waals surface area contributed by atoms with Crippen LogP contribution in [-0.4, -0.2) is 17.6 Å². The van der Waals surface area contributed by atoms with Gasteiger partial charge in [0.05, 0.1) is 12.6 Å². The normalized spacial score (nSPS) is 13.2. The number of aliphatic hydroxyl groups is 1. The Kier molecular flexibility index (Phi) is 5.55. The van der Waals surface area contributed by atoms with Crippen molar-refractivity contribution in [3.63, 3.8) is 0 Å². The van der Waals surface area contributed by atoms with Gasteiger partial charge in [-0.05, 0) is 37.1 Å². The molecule has 2 rings (SSSR count). The molecule has 4 heteroatoms. The van der Waals surface area contributed by atoms with Gasteiger partial charge in [0, 0.05) is 0 Å². The lowest BCUT2D eigenvalue weighted by Gasteiger charge is -2.18. The van der Waals surface area contributed by atoms with Crippen LogP contribution in [0.5, 0.6) is 5.75 Å². The first-order valence-electron chi connectivity index (χ1n) is 7.38. The Morgan fingerprint density at radius 3 is 2.50 bits per heavy atom. The Labute approximate surface area is 130 Å². The van der Waals surface area contributed by atoms with Crippen LogP contribution in [-0.2, 0) is 4.79 Å². The van der Waals surface area contributed by atoms with Gasteiger partial charge in [-0.2, -0.15) is 0 Å². The summed E-state index contributed by atoms with van der Waals surface area (Å²) >= 11 is 0. The molecule has 0 spiro atoms. The van der Waals surface area contributed by atoms with E-state index in [1.165, 1.54) is 0 Å². The lowest BCUT2D eigenvalue weighted by molar-refractivity contribution is -0.130. The van der Waals surface area contributed by atoms with Gasteiger partial charge in [0.25, 0.3) is 5.91 Å². The van der Waals surface area contributed by atoms with Crippen LogP contribution in [0.1, 0.15) is 37.1 Å². The number of hydrogen-bond acceptors (Lipinski definition) is 3. The summed E-state index contributed by atoms with van der Waals surface area (Å²) < 4.78 is 5.46. The first kappa shape index (κ1) is 16.0. The van der Waals surface area contributed by atoms with Crippen molar-refractivity contribution in [1.29, 1.82) is 0 Å². The Bertz CT molecular complexity index is 613. The minimum absolute atomic E-state index is 0.216. The van der Waals surface area contributed by atoms with E-state index in [-0.39, 0.29) is 6.04 Å². The average Bonchev–Trinajstić information content (AvgIpc) is 2.55. The van der Waals surface area contributed by atoms with Gasteiger partial charge in [-0.25, -0.2) is 0 Å². The molecule has 4 nitrogen and oxygen atoms in total. The Morgan fingerprint density at radius 1 is 1.14 bits per heavy atom. The number of amides is 1. The van der Waals surface area contributed by atoms with Gasteiger partial charge in [-0.1, -0.05) is 42.5 Å². The van der Waals surface area contributed by atoms with Crippen molar-refractivity contribution in [2.45, 2.75) is 26.0 Å². The smallest absolute Gasteiger partial charge is 0.253 e. The second-order valence-electron chi connectivity index (χ2n) is 5.05. The minimum Gasteiger partial charge on any atom is -0.494 e. The van der Waals surface area contributed by atoms with E-state index in [1.54, 1.807) is 24.3 Å². The molecule has 22 heavy (non-hydrogen) atoms. The number of hydrogen-bond donors (Lipinski definition) is 2. The molecule has 0 aromatic heterocycles. The highest BCUT2D eigenvalue weighted by molar-refractivity contribution is 5.82. The van der Waals surface area contributed by atoms with E-state index in [1.807, 2.05) is 44.2 Å². The lowest BCUT2D eigenvalue weighted by atomic mass is 10.1. The molecule has 2 unspecified atom stereocenters. The number of carbonyl (C=O) groups excluding carboxylic acids is 1. The zero-order valence-electron chi connectivity index (χ0n) is 12.8. The summed E-state index contributed by atoms with van der Waals surface area (Å²) in [5, 5.41) is 12.9. The van der Waals surface area contributed by atoms with Gasteiger partial charge in [0.1, 0.15) is 5.75 Å². The van der Waals surface area contributed by atoms with Crippen molar-refractivity contribution in [3.8, 4) is 5.75 Å². The molecule has 0 aliphatic carbocycles. The van der Waals surface area contributed by atoms with E-state index in [0.29, 0.717) is 12.2 Å². The molecule has 2 aromatic carbocycles. The summed E-state index contributed by atoms with van der Waals surface area (Å²) in [4.78, 5) is 12.1. The molecule has 0 fully saturated rings. The van der Waals surface area contributed by atoms with Gasteiger partial charge in [0.2, 0.25) is 0 Å². The number of nitrogens with one attached hydrogen (secondary N) is 1. The third-order valence-corrected chi connectivity index (χ3v) is 3.39. The second kappa shape index (κ2) is 7.61. The zero-order valence-corrected chi connectivity index (χ0v) is 12.8. The highest BCUT2D eigenvalue weighted by Gasteiger charge is 2.19. The monoisotopic (exact) mass is 299 g/mol. The van der Waals surface area contributed by atoms with Crippen LogP contribution in [0.4, 0.5) is 0 Å². The van der Waals surface area contributed by atoms with E-state index >= 15 is 0 Å². The summed E-state index contributed by atoms with van der Waals surface area (Å²) in [6.45, 7) is 4.39. The molecular weight excluding hydrogens is 278 g/mol. The molecule has 2 N–H and O–H groups in total. The standard InChI is InChI=1S/C18H21NO3/c1-3-22-16-11-7-10-15(12-16)13(2)19-18(21)17(20)14-8-5-4-6-9-14/h4-13,17,20H,3H2,1-2H3,(H,19,21). The first-order valence-corrected chi connectivity index (χ1v) is 7.38. The van der Waals surface area contributed by atoms with E-state index < -0.39 is 12.0 Å². The molecule has 0 radical (unpaired) electrons. The van der Waals surface area contributed by atoms with Crippen molar-refractivity contribution in [2.75, 3.05) is 6.61 Å². The molecule has 0 saturated carbocycles. The molecule has 2 atom stereocenters. The van der Waals surface area contributed by atoms with Crippen molar-refractivity contribution < 1.29 is 14.6 Å². The van der Waals surface area contributed by atoms with E-state index in [4.69, 9.17) is 4.74 Å². The van der Waals surface area contributed by atoms with Gasteiger partial charge in [-0.3, -0.25) is 4.79 Å². The van der Waals surface area contributed by atoms with E-state index in [2.05, 4.69) is 5.32 Å². The van der Waals surface area contributed by atoms with Crippen LogP contribution >= 0.6 is 0 Å². The Morgan fingerprint density at radius 2 is 1.82 bits per heavy atom. The maximum absolute atomic E-state index is 12.1. The summed E-state index contributed by atoms with van der Waals surface area (Å²) in [7, 11) is 0. The molecule has 0 saturated heterocycles. The molecule has 0 aliphatic heterocycles. The Hall–Kier alpha value is -2.33. The summed E-state index contributed by atoms with van der Waals surface area (Å²) in [5.74, 6) is 0.352. The van der Waals surface area contributed by atoms with E-state index in [0.717, 1.165) is 11.3 Å². The number of rotatable bonds is 6. The van der Waals surface area contributed by atoms with Crippen molar-refractivity contribution in [1.82, 2.24) is 5.32 Å². The maximum atomic E-state index is 12.1. The number of benzene rings is 2. The van der Waals surface area contributed by atoms with Crippen molar-refractivity contribution in [3.05, 3.63) is 65.7 Å². The lowest BCUT2D eigenvalue weighted by Crippen LogP contribution is -2.31.